The standard InChI is InChI=1S/C69H126O6/c1-4-7-10-13-16-19-22-25-28-31-34-36-38-41-44-47-50-53-56-59-62-68(71)74-65-66(64-73-67(70)61-58-55-52-49-46-43-40-37-33-30-27-24-21-18-15-12-9-6-3)75-69(72)63-60-57-54-51-48-45-42-39-35-32-29-26-23-20-17-14-11-8-5-2/h17,20-21,24,26,29-30,33,66H,4-16,18-19,22-23,25,27-28,31-32,34-65H2,1-3H3/b20-17-,24-21-,29-26-,33-30-. The van der Waals surface area contributed by atoms with E-state index in [1.54, 1.807) is 0 Å². The minimum absolute atomic E-state index is 0.0735. The molecule has 1 unspecified atom stereocenters. The van der Waals surface area contributed by atoms with Gasteiger partial charge < -0.3 is 14.2 Å². The van der Waals surface area contributed by atoms with E-state index in [0.717, 1.165) is 77.0 Å². The lowest BCUT2D eigenvalue weighted by Gasteiger charge is -2.18. The molecule has 438 valence electrons. The Kier molecular flexibility index (Phi) is 61.7. The molecular formula is C69H126O6. The lowest BCUT2D eigenvalue weighted by Crippen LogP contribution is -2.30. The van der Waals surface area contributed by atoms with Crippen LogP contribution in [0.4, 0.5) is 0 Å². The first kappa shape index (κ1) is 72.4. The normalized spacial score (nSPS) is 12.3. The molecule has 0 spiro atoms. The van der Waals surface area contributed by atoms with Crippen molar-refractivity contribution in [3.8, 4) is 0 Å². The number of allylic oxidation sites excluding steroid dienone is 8. The van der Waals surface area contributed by atoms with E-state index < -0.39 is 6.10 Å². The number of ether oxygens (including phenoxy) is 3. The molecule has 0 rings (SSSR count). The molecule has 6 nitrogen and oxygen atoms in total. The van der Waals surface area contributed by atoms with E-state index in [2.05, 4.69) is 69.4 Å². The smallest absolute Gasteiger partial charge is 0.306 e. The molecule has 6 heteroatoms. The summed E-state index contributed by atoms with van der Waals surface area (Å²) in [5.74, 6) is -0.862. The molecule has 0 aliphatic carbocycles. The van der Waals surface area contributed by atoms with Crippen molar-refractivity contribution in [1.82, 2.24) is 0 Å². The van der Waals surface area contributed by atoms with Gasteiger partial charge in [-0.2, -0.15) is 0 Å². The zero-order valence-corrected chi connectivity index (χ0v) is 50.3. The zero-order valence-electron chi connectivity index (χ0n) is 50.3. The average molecular weight is 1050 g/mol. The first-order valence-corrected chi connectivity index (χ1v) is 33.1. The monoisotopic (exact) mass is 1050 g/mol. The van der Waals surface area contributed by atoms with Crippen LogP contribution in [0.1, 0.15) is 355 Å². The van der Waals surface area contributed by atoms with E-state index >= 15 is 0 Å². The maximum absolute atomic E-state index is 12.9. The van der Waals surface area contributed by atoms with Crippen molar-refractivity contribution in [2.45, 2.75) is 361 Å². The molecular weight excluding hydrogens is 925 g/mol. The lowest BCUT2D eigenvalue weighted by molar-refractivity contribution is -0.167. The van der Waals surface area contributed by atoms with Crippen LogP contribution in [-0.2, 0) is 28.6 Å². The highest BCUT2D eigenvalue weighted by molar-refractivity contribution is 5.71. The van der Waals surface area contributed by atoms with Gasteiger partial charge in [-0.05, 0) is 83.5 Å². The summed E-state index contributed by atoms with van der Waals surface area (Å²) in [5, 5.41) is 0. The maximum atomic E-state index is 12.9. The Bertz CT molecular complexity index is 1300. The number of esters is 3. The van der Waals surface area contributed by atoms with E-state index in [0.29, 0.717) is 19.3 Å². The second-order valence-corrected chi connectivity index (χ2v) is 22.4. The van der Waals surface area contributed by atoms with Crippen LogP contribution in [0.25, 0.3) is 0 Å². The second kappa shape index (κ2) is 63.9. The van der Waals surface area contributed by atoms with Gasteiger partial charge in [-0.1, -0.05) is 301 Å². The molecule has 0 saturated heterocycles. The highest BCUT2D eigenvalue weighted by Gasteiger charge is 2.19. The first-order valence-electron chi connectivity index (χ1n) is 33.1. The van der Waals surface area contributed by atoms with Crippen LogP contribution in [0, 0.1) is 0 Å². The zero-order chi connectivity index (χ0) is 54.3. The largest absolute Gasteiger partial charge is 0.462 e. The molecule has 0 bridgehead atoms. The van der Waals surface area contributed by atoms with Crippen LogP contribution in [0.5, 0.6) is 0 Å². The SMILES string of the molecule is CCCCC/C=C\C/C=C\CCCCCCCCCCCC(=O)OC(COC(=O)CCCCCCCCC/C=C\C/C=C\CCCCCC)COC(=O)CCCCCCCCCCCCCCCCCCCCCC. The maximum Gasteiger partial charge on any atom is 0.306 e. The van der Waals surface area contributed by atoms with Crippen LogP contribution < -0.4 is 0 Å². The van der Waals surface area contributed by atoms with Crippen LogP contribution in [0.15, 0.2) is 48.6 Å². The Hall–Kier alpha value is -2.63. The summed E-state index contributed by atoms with van der Waals surface area (Å²) in [6.07, 6.45) is 79.7. The summed E-state index contributed by atoms with van der Waals surface area (Å²) in [5.41, 5.74) is 0. The second-order valence-electron chi connectivity index (χ2n) is 22.4. The van der Waals surface area contributed by atoms with E-state index in [-0.39, 0.29) is 31.1 Å². The molecule has 0 amide bonds. The third-order valence-corrected chi connectivity index (χ3v) is 14.8. The van der Waals surface area contributed by atoms with E-state index in [1.165, 1.54) is 238 Å². The summed E-state index contributed by atoms with van der Waals surface area (Å²) in [7, 11) is 0. The first-order chi connectivity index (χ1) is 37.0. The number of hydrogen-bond donors (Lipinski definition) is 0. The Morgan fingerprint density at radius 3 is 0.773 bits per heavy atom. The average Bonchev–Trinajstić information content (AvgIpc) is 3.41. The van der Waals surface area contributed by atoms with Gasteiger partial charge in [0.2, 0.25) is 0 Å². The summed E-state index contributed by atoms with van der Waals surface area (Å²) < 4.78 is 17.0. The van der Waals surface area contributed by atoms with Crippen molar-refractivity contribution in [3.63, 3.8) is 0 Å². The molecule has 0 heterocycles. The van der Waals surface area contributed by atoms with Gasteiger partial charge in [0.05, 0.1) is 0 Å². The fourth-order valence-electron chi connectivity index (χ4n) is 9.80. The molecule has 0 aromatic carbocycles. The third-order valence-electron chi connectivity index (χ3n) is 14.8. The number of hydrogen-bond acceptors (Lipinski definition) is 6. The third kappa shape index (κ3) is 62.1. The molecule has 0 fully saturated rings. The molecule has 0 aromatic heterocycles. The predicted molar refractivity (Wildman–Crippen MR) is 325 cm³/mol. The van der Waals surface area contributed by atoms with Gasteiger partial charge in [-0.25, -0.2) is 0 Å². The molecule has 75 heavy (non-hydrogen) atoms. The predicted octanol–water partition coefficient (Wildman–Crippen LogP) is 22.6. The number of carbonyl (C=O) groups excluding carboxylic acids is 3. The Morgan fingerprint density at radius 2 is 0.480 bits per heavy atom. The van der Waals surface area contributed by atoms with Crippen LogP contribution in [-0.4, -0.2) is 37.2 Å². The van der Waals surface area contributed by atoms with Crippen molar-refractivity contribution in [2.75, 3.05) is 13.2 Å². The summed E-state index contributed by atoms with van der Waals surface area (Å²) in [6.45, 7) is 6.65. The van der Waals surface area contributed by atoms with Crippen molar-refractivity contribution < 1.29 is 28.6 Å². The highest BCUT2D eigenvalue weighted by Crippen LogP contribution is 2.17. The fraction of sp³-hybridized carbons (Fsp3) is 0.841. The van der Waals surface area contributed by atoms with Crippen LogP contribution >= 0.6 is 0 Å². The fourth-order valence-corrected chi connectivity index (χ4v) is 9.80. The van der Waals surface area contributed by atoms with Gasteiger partial charge in [-0.15, -0.1) is 0 Å². The summed E-state index contributed by atoms with van der Waals surface area (Å²) >= 11 is 0. The van der Waals surface area contributed by atoms with Gasteiger partial charge in [0, 0.05) is 19.3 Å². The van der Waals surface area contributed by atoms with Crippen molar-refractivity contribution >= 4 is 17.9 Å². The molecule has 0 aliphatic rings. The minimum atomic E-state index is -0.778. The van der Waals surface area contributed by atoms with Gasteiger partial charge in [0.15, 0.2) is 6.10 Å². The number of unbranched alkanes of at least 4 members (excludes halogenated alkanes) is 42. The van der Waals surface area contributed by atoms with Gasteiger partial charge in [0.1, 0.15) is 13.2 Å². The Labute approximate surface area is 467 Å². The highest BCUT2D eigenvalue weighted by atomic mass is 16.6. The van der Waals surface area contributed by atoms with Crippen molar-refractivity contribution in [1.29, 1.82) is 0 Å². The topological polar surface area (TPSA) is 78.9 Å². The summed E-state index contributed by atoms with van der Waals surface area (Å²) in [6, 6.07) is 0. The van der Waals surface area contributed by atoms with Gasteiger partial charge in [0.25, 0.3) is 0 Å². The number of carbonyl (C=O) groups is 3. The van der Waals surface area contributed by atoms with Gasteiger partial charge >= 0.3 is 17.9 Å². The minimum Gasteiger partial charge on any atom is -0.462 e. The lowest BCUT2D eigenvalue weighted by atomic mass is 10.0. The molecule has 0 N–H and O–H groups in total. The molecule has 0 aliphatic heterocycles. The van der Waals surface area contributed by atoms with E-state index in [9.17, 15) is 14.4 Å². The molecule has 1 atom stereocenters. The molecule has 0 saturated carbocycles. The molecule has 0 radical (unpaired) electrons. The van der Waals surface area contributed by atoms with E-state index in [4.69, 9.17) is 14.2 Å². The van der Waals surface area contributed by atoms with Crippen molar-refractivity contribution in [2.24, 2.45) is 0 Å². The Morgan fingerprint density at radius 1 is 0.267 bits per heavy atom. The molecule has 0 aromatic rings. The quantitative estimate of drug-likeness (QED) is 0.0261. The van der Waals surface area contributed by atoms with Crippen LogP contribution in [0.2, 0.25) is 0 Å². The van der Waals surface area contributed by atoms with Crippen molar-refractivity contribution in [3.05, 3.63) is 48.6 Å². The van der Waals surface area contributed by atoms with E-state index in [1.807, 2.05) is 0 Å². The van der Waals surface area contributed by atoms with Gasteiger partial charge in [-0.3, -0.25) is 14.4 Å². The summed E-state index contributed by atoms with van der Waals surface area (Å²) in [4.78, 5) is 38.4. The Balaban J connectivity index is 4.35. The number of rotatable bonds is 61. The van der Waals surface area contributed by atoms with Crippen LogP contribution in [0.3, 0.4) is 0 Å².